The van der Waals surface area contributed by atoms with Gasteiger partial charge in [0.25, 0.3) is 5.56 Å². The van der Waals surface area contributed by atoms with Gasteiger partial charge >= 0.3 is 0 Å². The number of benzene rings is 2. The molecule has 1 aromatic heterocycles. The zero-order valence-electron chi connectivity index (χ0n) is 16.4. The number of methoxy groups -OCH3 is 1. The summed E-state index contributed by atoms with van der Waals surface area (Å²) in [5.74, 6) is -1.20. The molecule has 158 valence electrons. The molecule has 1 atom stereocenters. The van der Waals surface area contributed by atoms with Crippen molar-refractivity contribution in [3.63, 3.8) is 0 Å². The van der Waals surface area contributed by atoms with Gasteiger partial charge in [-0.25, -0.2) is 0 Å². The molecular formula is C21H18ClN5O4. The van der Waals surface area contributed by atoms with E-state index in [1.807, 2.05) is 0 Å². The van der Waals surface area contributed by atoms with Crippen molar-refractivity contribution < 1.29 is 14.3 Å². The number of nitrogens with zero attached hydrogens (tertiary/aromatic N) is 1. The van der Waals surface area contributed by atoms with Crippen molar-refractivity contribution >= 4 is 46.6 Å². The number of aromatic nitrogens is 2. The van der Waals surface area contributed by atoms with Gasteiger partial charge in [0, 0.05) is 17.1 Å². The number of fused-ring (bicyclic) bond motifs is 1. The highest BCUT2D eigenvalue weighted by molar-refractivity contribution is 6.30. The summed E-state index contributed by atoms with van der Waals surface area (Å²) in [6.07, 6.45) is -0.170. The van der Waals surface area contributed by atoms with Crippen LogP contribution in [-0.4, -0.2) is 28.9 Å². The van der Waals surface area contributed by atoms with E-state index in [9.17, 15) is 14.4 Å². The van der Waals surface area contributed by atoms with Crippen LogP contribution in [-0.2, 0) is 9.59 Å². The summed E-state index contributed by atoms with van der Waals surface area (Å²) in [6.45, 7) is 0. The first kappa shape index (κ1) is 20.4. The molecule has 0 unspecified atom stereocenters. The minimum Gasteiger partial charge on any atom is -0.495 e. The molecule has 10 heteroatoms. The molecule has 4 N–H and O–H groups in total. The van der Waals surface area contributed by atoms with Gasteiger partial charge in [0.2, 0.25) is 17.8 Å². The lowest BCUT2D eigenvalue weighted by Gasteiger charge is -2.23. The Kier molecular flexibility index (Phi) is 5.59. The van der Waals surface area contributed by atoms with Crippen LogP contribution in [0.4, 0.5) is 23.1 Å². The lowest BCUT2D eigenvalue weighted by atomic mass is 9.92. The lowest BCUT2D eigenvalue weighted by molar-refractivity contribution is -0.123. The molecule has 0 saturated heterocycles. The fourth-order valence-corrected chi connectivity index (χ4v) is 3.42. The number of nitrogens with one attached hydrogen (secondary N) is 4. The number of amides is 2. The first-order valence-electron chi connectivity index (χ1n) is 9.35. The molecule has 0 saturated carbocycles. The lowest BCUT2D eigenvalue weighted by Crippen LogP contribution is -2.36. The number of halogens is 1. The fraction of sp³-hybridized carbons (Fsp3) is 0.143. The summed E-state index contributed by atoms with van der Waals surface area (Å²) >= 11 is 5.86. The quantitative estimate of drug-likeness (QED) is 0.483. The fourth-order valence-electron chi connectivity index (χ4n) is 3.29. The molecule has 3 aromatic rings. The van der Waals surface area contributed by atoms with Gasteiger partial charge in [0.15, 0.2) is 0 Å². The van der Waals surface area contributed by atoms with Crippen molar-refractivity contribution in [3.05, 3.63) is 69.5 Å². The summed E-state index contributed by atoms with van der Waals surface area (Å²) in [5, 5.41) is 8.77. The van der Waals surface area contributed by atoms with E-state index in [-0.39, 0.29) is 23.8 Å². The maximum atomic E-state index is 12.8. The number of hydrogen-bond donors (Lipinski definition) is 4. The summed E-state index contributed by atoms with van der Waals surface area (Å²) in [4.78, 5) is 44.8. The first-order valence-corrected chi connectivity index (χ1v) is 9.73. The number of carbonyl (C=O) groups is 2. The number of aromatic amines is 1. The molecule has 1 aliphatic heterocycles. The first-order chi connectivity index (χ1) is 14.9. The minimum atomic E-state index is -0.990. The average molecular weight is 440 g/mol. The maximum Gasteiger partial charge on any atom is 0.258 e. The van der Waals surface area contributed by atoms with E-state index in [0.29, 0.717) is 22.1 Å². The van der Waals surface area contributed by atoms with E-state index in [2.05, 4.69) is 25.9 Å². The molecule has 2 amide bonds. The topological polar surface area (TPSA) is 125 Å². The molecule has 2 heterocycles. The Bertz CT molecular complexity index is 1210. The van der Waals surface area contributed by atoms with Crippen molar-refractivity contribution in [1.82, 2.24) is 9.97 Å². The average Bonchev–Trinajstić information content (AvgIpc) is 2.75. The molecule has 0 bridgehead atoms. The van der Waals surface area contributed by atoms with Gasteiger partial charge in [0.05, 0.1) is 24.3 Å². The Morgan fingerprint density at radius 1 is 1.16 bits per heavy atom. The highest BCUT2D eigenvalue weighted by Crippen LogP contribution is 2.31. The Labute approximate surface area is 181 Å². The summed E-state index contributed by atoms with van der Waals surface area (Å²) in [7, 11) is 1.52. The van der Waals surface area contributed by atoms with Crippen molar-refractivity contribution in [2.45, 2.75) is 12.3 Å². The van der Waals surface area contributed by atoms with Crippen LogP contribution in [0.25, 0.3) is 0 Å². The van der Waals surface area contributed by atoms with Crippen LogP contribution in [0, 0.1) is 0 Å². The largest absolute Gasteiger partial charge is 0.495 e. The summed E-state index contributed by atoms with van der Waals surface area (Å²) in [6, 6.07) is 13.6. The molecule has 2 aromatic carbocycles. The second kappa shape index (κ2) is 8.49. The Hall–Kier alpha value is -3.85. The Morgan fingerprint density at radius 2 is 1.90 bits per heavy atom. The molecular weight excluding hydrogens is 422 g/mol. The van der Waals surface area contributed by atoms with Gasteiger partial charge < -0.3 is 20.7 Å². The van der Waals surface area contributed by atoms with E-state index in [4.69, 9.17) is 16.3 Å². The number of rotatable bonds is 5. The van der Waals surface area contributed by atoms with Crippen LogP contribution < -0.4 is 26.2 Å². The molecule has 1 aliphatic rings. The van der Waals surface area contributed by atoms with Crippen molar-refractivity contribution in [1.29, 1.82) is 0 Å². The normalized spacial score (nSPS) is 14.9. The molecule has 0 fully saturated rings. The minimum absolute atomic E-state index is 0.0358. The molecule has 0 spiro atoms. The SMILES string of the molecule is COc1ccccc1Nc1nc2c(c(=O)[nH]1)[C@@H](C(=O)Nc1ccc(Cl)cc1)CC(=O)N2. The van der Waals surface area contributed by atoms with E-state index in [0.717, 1.165) is 0 Å². The molecule has 4 rings (SSSR count). The standard InChI is InChI=1S/C21H18ClN5O4/c1-31-15-5-3-2-4-14(15)24-21-26-18-17(20(30)27-21)13(10-16(28)25-18)19(29)23-12-8-6-11(22)7-9-12/h2-9,13H,10H2,1H3,(H,23,29)(H3,24,25,26,27,28,30)/t13-/m0/s1. The van der Waals surface area contributed by atoms with E-state index < -0.39 is 23.3 Å². The number of H-pyrrole nitrogens is 1. The van der Waals surface area contributed by atoms with Gasteiger partial charge in [-0.1, -0.05) is 23.7 Å². The third kappa shape index (κ3) is 4.36. The van der Waals surface area contributed by atoms with Crippen molar-refractivity contribution in [3.8, 4) is 5.75 Å². The number of hydrogen-bond acceptors (Lipinski definition) is 6. The molecule has 31 heavy (non-hydrogen) atoms. The predicted octanol–water partition coefficient (Wildman–Crippen LogP) is 3.24. The highest BCUT2D eigenvalue weighted by Gasteiger charge is 2.34. The number of anilines is 4. The van der Waals surface area contributed by atoms with Crippen LogP contribution in [0.1, 0.15) is 17.9 Å². The van der Waals surface area contributed by atoms with Crippen LogP contribution >= 0.6 is 11.6 Å². The molecule has 9 nitrogen and oxygen atoms in total. The van der Waals surface area contributed by atoms with Gasteiger partial charge in [-0.05, 0) is 36.4 Å². The van der Waals surface area contributed by atoms with Gasteiger partial charge in [-0.3, -0.25) is 19.4 Å². The second-order valence-corrected chi connectivity index (χ2v) is 7.24. The Morgan fingerprint density at radius 3 is 2.65 bits per heavy atom. The molecule has 0 radical (unpaired) electrons. The number of ether oxygens (including phenoxy) is 1. The van der Waals surface area contributed by atoms with Crippen LogP contribution in [0.2, 0.25) is 5.02 Å². The summed E-state index contributed by atoms with van der Waals surface area (Å²) in [5.41, 5.74) is 0.642. The predicted molar refractivity (Wildman–Crippen MR) is 117 cm³/mol. The van der Waals surface area contributed by atoms with Gasteiger partial charge in [-0.15, -0.1) is 0 Å². The van der Waals surface area contributed by atoms with Gasteiger partial charge in [0.1, 0.15) is 11.6 Å². The summed E-state index contributed by atoms with van der Waals surface area (Å²) < 4.78 is 5.28. The van der Waals surface area contributed by atoms with E-state index >= 15 is 0 Å². The van der Waals surface area contributed by atoms with Crippen molar-refractivity contribution in [2.75, 3.05) is 23.1 Å². The highest BCUT2D eigenvalue weighted by atomic mass is 35.5. The van der Waals surface area contributed by atoms with Crippen molar-refractivity contribution in [2.24, 2.45) is 0 Å². The van der Waals surface area contributed by atoms with Crippen LogP contribution in [0.5, 0.6) is 5.75 Å². The van der Waals surface area contributed by atoms with E-state index in [1.165, 1.54) is 7.11 Å². The van der Waals surface area contributed by atoms with Crippen LogP contribution in [0.3, 0.4) is 0 Å². The van der Waals surface area contributed by atoms with Gasteiger partial charge in [-0.2, -0.15) is 4.98 Å². The van der Waals surface area contributed by atoms with Crippen LogP contribution in [0.15, 0.2) is 53.3 Å². The third-order valence-corrected chi connectivity index (χ3v) is 4.99. The molecule has 0 aliphatic carbocycles. The third-order valence-electron chi connectivity index (χ3n) is 4.74. The maximum absolute atomic E-state index is 12.8. The monoisotopic (exact) mass is 439 g/mol. The number of para-hydroxylation sites is 2. The number of carbonyl (C=O) groups excluding carboxylic acids is 2. The smallest absolute Gasteiger partial charge is 0.258 e. The zero-order chi connectivity index (χ0) is 22.0. The Balaban J connectivity index is 1.64. The zero-order valence-corrected chi connectivity index (χ0v) is 17.1. The van der Waals surface area contributed by atoms with E-state index in [1.54, 1.807) is 48.5 Å². The second-order valence-electron chi connectivity index (χ2n) is 6.80.